The summed E-state index contributed by atoms with van der Waals surface area (Å²) in [6.45, 7) is 1.89. The van der Waals surface area contributed by atoms with Crippen LogP contribution in [0.2, 0.25) is 0 Å². The molecule has 0 saturated heterocycles. The van der Waals surface area contributed by atoms with Crippen LogP contribution in [0.3, 0.4) is 0 Å². The molecule has 5 nitrogen and oxygen atoms in total. The van der Waals surface area contributed by atoms with Crippen LogP contribution in [0.15, 0.2) is 54.6 Å². The summed E-state index contributed by atoms with van der Waals surface area (Å²) in [5, 5.41) is 1.40. The highest BCUT2D eigenvalue weighted by Crippen LogP contribution is 2.42. The summed E-state index contributed by atoms with van der Waals surface area (Å²) in [5.41, 5.74) is 2.11. The lowest BCUT2D eigenvalue weighted by molar-refractivity contribution is 0.0595. The molecule has 0 saturated carbocycles. The molecule has 1 atom stereocenters. The van der Waals surface area contributed by atoms with E-state index >= 15 is 0 Å². The van der Waals surface area contributed by atoms with Gasteiger partial charge in [-0.2, -0.15) is 0 Å². The second kappa shape index (κ2) is 6.63. The van der Waals surface area contributed by atoms with Crippen LogP contribution in [0.1, 0.15) is 16.1 Å². The van der Waals surface area contributed by atoms with Gasteiger partial charge in [0, 0.05) is 22.9 Å². The van der Waals surface area contributed by atoms with E-state index in [0.29, 0.717) is 11.0 Å². The molecule has 1 aromatic heterocycles. The highest BCUT2D eigenvalue weighted by molar-refractivity contribution is 7.66. The van der Waals surface area contributed by atoms with Crippen molar-refractivity contribution in [2.45, 2.75) is 6.61 Å². The Kier molecular flexibility index (Phi) is 4.56. The third-order valence-corrected chi connectivity index (χ3v) is 5.64. The number of H-pyrrole nitrogens is 1. The highest BCUT2D eigenvalue weighted by atomic mass is 31.2. The molecule has 124 valence electrons. The zero-order valence-electron chi connectivity index (χ0n) is 13.5. The van der Waals surface area contributed by atoms with Crippen molar-refractivity contribution in [3.8, 4) is 0 Å². The number of esters is 1. The molecule has 0 aliphatic rings. The lowest BCUT2D eigenvalue weighted by Gasteiger charge is -2.14. The van der Waals surface area contributed by atoms with Gasteiger partial charge in [0.25, 0.3) is 0 Å². The number of methoxy groups -OCH3 is 1. The maximum absolute atomic E-state index is 12.9. The van der Waals surface area contributed by atoms with Crippen molar-refractivity contribution >= 4 is 29.5 Å². The highest BCUT2D eigenvalue weighted by Gasteiger charge is 2.20. The first-order valence-corrected chi connectivity index (χ1v) is 9.54. The maximum Gasteiger partial charge on any atom is 0.354 e. The Morgan fingerprint density at radius 3 is 2.58 bits per heavy atom. The van der Waals surface area contributed by atoms with E-state index in [1.165, 1.54) is 7.11 Å². The summed E-state index contributed by atoms with van der Waals surface area (Å²) in [4.78, 5) is 14.6. The van der Waals surface area contributed by atoms with Gasteiger partial charge in [0.1, 0.15) is 5.69 Å². The average Bonchev–Trinajstić information content (AvgIpc) is 3.03. The Morgan fingerprint density at radius 1 is 1.12 bits per heavy atom. The monoisotopic (exact) mass is 343 g/mol. The summed E-state index contributed by atoms with van der Waals surface area (Å²) >= 11 is 0. The molecule has 6 heteroatoms. The number of aromatic amines is 1. The van der Waals surface area contributed by atoms with Gasteiger partial charge in [-0.3, -0.25) is 4.57 Å². The zero-order valence-corrected chi connectivity index (χ0v) is 14.4. The van der Waals surface area contributed by atoms with Crippen LogP contribution in [-0.2, 0) is 20.4 Å². The fourth-order valence-corrected chi connectivity index (χ4v) is 3.70. The van der Waals surface area contributed by atoms with Gasteiger partial charge in [0.15, 0.2) is 0 Å². The van der Waals surface area contributed by atoms with Crippen LogP contribution in [0.25, 0.3) is 10.9 Å². The van der Waals surface area contributed by atoms with Crippen LogP contribution in [-0.4, -0.2) is 24.7 Å². The smallest absolute Gasteiger partial charge is 0.354 e. The first-order chi connectivity index (χ1) is 11.5. The van der Waals surface area contributed by atoms with Gasteiger partial charge in [0.2, 0.25) is 7.37 Å². The Bertz CT molecular complexity index is 917. The Labute approximate surface area is 140 Å². The average molecular weight is 343 g/mol. The van der Waals surface area contributed by atoms with E-state index in [4.69, 9.17) is 9.26 Å². The molecule has 0 aliphatic heterocycles. The number of nitrogens with one attached hydrogen (secondary N) is 1. The van der Waals surface area contributed by atoms with Gasteiger partial charge in [-0.25, -0.2) is 4.79 Å². The summed E-state index contributed by atoms with van der Waals surface area (Å²) in [6.07, 6.45) is 0. The minimum Gasteiger partial charge on any atom is -0.464 e. The van der Waals surface area contributed by atoms with E-state index in [-0.39, 0.29) is 6.61 Å². The maximum atomic E-state index is 12.9. The number of fused-ring (bicyclic) bond motifs is 1. The van der Waals surface area contributed by atoms with Gasteiger partial charge in [-0.1, -0.05) is 30.3 Å². The number of benzene rings is 2. The normalized spacial score (nSPS) is 13.6. The van der Waals surface area contributed by atoms with Crippen molar-refractivity contribution in [2.75, 3.05) is 13.8 Å². The number of aromatic nitrogens is 1. The molecule has 0 spiro atoms. The van der Waals surface area contributed by atoms with Gasteiger partial charge in [-0.05, 0) is 29.8 Å². The molecule has 0 fully saturated rings. The van der Waals surface area contributed by atoms with E-state index in [1.807, 2.05) is 30.3 Å². The number of carbonyl (C=O) groups is 1. The van der Waals surface area contributed by atoms with Crippen molar-refractivity contribution < 1.29 is 18.6 Å². The van der Waals surface area contributed by atoms with Crippen LogP contribution in [0.4, 0.5) is 0 Å². The summed E-state index contributed by atoms with van der Waals surface area (Å²) in [5.74, 6) is -0.437. The molecule has 1 unspecified atom stereocenters. The molecule has 0 bridgehead atoms. The van der Waals surface area contributed by atoms with Crippen molar-refractivity contribution in [1.82, 2.24) is 4.98 Å². The SMILES string of the molecule is COC(=O)c1cc2cc(P(C)(=O)OCc3ccccc3)ccc2[nH]1. The lowest BCUT2D eigenvalue weighted by Crippen LogP contribution is -2.06. The molecule has 0 amide bonds. The third-order valence-electron chi connectivity index (χ3n) is 3.80. The Balaban J connectivity index is 1.84. The molecule has 3 aromatic rings. The fraction of sp³-hybridized carbons (Fsp3) is 0.167. The van der Waals surface area contributed by atoms with Crippen LogP contribution < -0.4 is 5.30 Å². The van der Waals surface area contributed by atoms with E-state index in [1.54, 1.807) is 30.9 Å². The van der Waals surface area contributed by atoms with Crippen LogP contribution in [0, 0.1) is 0 Å². The number of hydrogen-bond acceptors (Lipinski definition) is 4. The molecule has 3 rings (SSSR count). The fourth-order valence-electron chi connectivity index (χ4n) is 2.44. The summed E-state index contributed by atoms with van der Waals surface area (Å²) < 4.78 is 23.3. The van der Waals surface area contributed by atoms with Crippen LogP contribution >= 0.6 is 7.37 Å². The first kappa shape index (κ1) is 16.5. The first-order valence-electron chi connectivity index (χ1n) is 7.47. The number of hydrogen-bond donors (Lipinski definition) is 1. The topological polar surface area (TPSA) is 68.4 Å². The molecule has 0 aliphatic carbocycles. The predicted molar refractivity (Wildman–Crippen MR) is 94.0 cm³/mol. The number of carbonyl (C=O) groups excluding carboxylic acids is 1. The molecular weight excluding hydrogens is 325 g/mol. The Hall–Kier alpha value is -2.36. The summed E-state index contributed by atoms with van der Waals surface area (Å²) in [7, 11) is -1.64. The number of rotatable bonds is 5. The minimum absolute atomic E-state index is 0.285. The second-order valence-electron chi connectivity index (χ2n) is 5.55. The van der Waals surface area contributed by atoms with E-state index in [2.05, 4.69) is 4.98 Å². The van der Waals surface area contributed by atoms with Crippen LogP contribution in [0.5, 0.6) is 0 Å². The molecular formula is C18H18NO4P. The third kappa shape index (κ3) is 3.42. The van der Waals surface area contributed by atoms with Crippen molar-refractivity contribution in [2.24, 2.45) is 0 Å². The number of ether oxygens (including phenoxy) is 1. The molecule has 24 heavy (non-hydrogen) atoms. The standard InChI is InChI=1S/C18H18NO4P/c1-22-18(20)17-11-14-10-15(8-9-16(14)19-17)24(2,21)23-12-13-6-4-3-5-7-13/h3-11,19H,12H2,1-2H3. The van der Waals surface area contributed by atoms with Gasteiger partial charge < -0.3 is 14.2 Å². The molecule has 1 N–H and O–H groups in total. The van der Waals surface area contributed by atoms with Crippen molar-refractivity contribution in [3.05, 3.63) is 65.9 Å². The Morgan fingerprint density at radius 2 is 1.88 bits per heavy atom. The summed E-state index contributed by atoms with van der Waals surface area (Å²) in [6, 6.07) is 16.6. The minimum atomic E-state index is -2.97. The van der Waals surface area contributed by atoms with Crippen molar-refractivity contribution in [3.63, 3.8) is 0 Å². The van der Waals surface area contributed by atoms with Gasteiger partial charge in [-0.15, -0.1) is 0 Å². The quantitative estimate of drug-likeness (QED) is 0.566. The molecule has 1 heterocycles. The zero-order chi connectivity index (χ0) is 17.2. The van der Waals surface area contributed by atoms with Gasteiger partial charge >= 0.3 is 5.97 Å². The van der Waals surface area contributed by atoms with Gasteiger partial charge in [0.05, 0.1) is 13.7 Å². The van der Waals surface area contributed by atoms with E-state index in [0.717, 1.165) is 16.5 Å². The van der Waals surface area contributed by atoms with E-state index in [9.17, 15) is 9.36 Å². The lowest BCUT2D eigenvalue weighted by atomic mass is 10.2. The second-order valence-corrected chi connectivity index (χ2v) is 8.02. The largest absolute Gasteiger partial charge is 0.464 e. The molecule has 2 aromatic carbocycles. The van der Waals surface area contributed by atoms with Crippen molar-refractivity contribution in [1.29, 1.82) is 0 Å². The molecule has 0 radical (unpaired) electrons. The van der Waals surface area contributed by atoms with E-state index < -0.39 is 13.3 Å². The predicted octanol–water partition coefficient (Wildman–Crippen LogP) is 3.70.